The van der Waals surface area contributed by atoms with E-state index in [0.29, 0.717) is 5.92 Å². The number of carbonyl (C=O) groups excluding carboxylic acids is 1. The van der Waals surface area contributed by atoms with E-state index in [1.54, 1.807) is 6.26 Å². The number of hydrogen-bond donors (Lipinski definition) is 0. The van der Waals surface area contributed by atoms with Gasteiger partial charge in [0.2, 0.25) is 5.91 Å². The molecule has 0 radical (unpaired) electrons. The van der Waals surface area contributed by atoms with Gasteiger partial charge in [-0.05, 0) is 41.3 Å². The van der Waals surface area contributed by atoms with Crippen molar-refractivity contribution < 1.29 is 9.21 Å². The fraction of sp³-hybridized carbons (Fsp3) is 0.538. The van der Waals surface area contributed by atoms with Crippen LogP contribution >= 0.6 is 0 Å². The van der Waals surface area contributed by atoms with Crippen molar-refractivity contribution >= 4 is 5.91 Å². The van der Waals surface area contributed by atoms with E-state index >= 15 is 0 Å². The lowest BCUT2D eigenvalue weighted by atomic mass is 9.91. The molecule has 7 nitrogen and oxygen atoms in total. The van der Waals surface area contributed by atoms with Gasteiger partial charge in [0.25, 0.3) is 0 Å². The average Bonchev–Trinajstić information content (AvgIpc) is 3.11. The zero-order valence-corrected chi connectivity index (χ0v) is 11.3. The van der Waals surface area contributed by atoms with Crippen LogP contribution in [0.1, 0.15) is 31.6 Å². The normalized spacial score (nSPS) is 22.9. The minimum Gasteiger partial charge on any atom is -0.467 e. The maximum Gasteiger partial charge on any atom is 0.245 e. The molecular formula is C13H17N5O2. The zero-order valence-electron chi connectivity index (χ0n) is 11.3. The predicted molar refractivity (Wildman–Crippen MR) is 69.4 cm³/mol. The second-order valence-corrected chi connectivity index (χ2v) is 5.26. The van der Waals surface area contributed by atoms with Crippen molar-refractivity contribution in [3.05, 3.63) is 30.5 Å². The Morgan fingerprint density at radius 2 is 2.45 bits per heavy atom. The molecule has 3 rings (SSSR count). The van der Waals surface area contributed by atoms with Gasteiger partial charge in [-0.25, -0.2) is 4.68 Å². The second kappa shape index (κ2) is 5.44. The van der Waals surface area contributed by atoms with Crippen LogP contribution < -0.4 is 0 Å². The average molecular weight is 275 g/mol. The Morgan fingerprint density at radius 1 is 1.55 bits per heavy atom. The molecule has 0 N–H and O–H groups in total. The van der Waals surface area contributed by atoms with E-state index in [4.69, 9.17) is 4.42 Å². The van der Waals surface area contributed by atoms with Crippen LogP contribution in [-0.4, -0.2) is 37.6 Å². The maximum atomic E-state index is 12.4. The predicted octanol–water partition coefficient (Wildman–Crippen LogP) is 1.27. The third kappa shape index (κ3) is 2.56. The fourth-order valence-electron chi connectivity index (χ4n) is 2.67. The first kappa shape index (κ1) is 12.8. The number of piperidine rings is 1. The number of furan rings is 1. The second-order valence-electron chi connectivity index (χ2n) is 5.26. The summed E-state index contributed by atoms with van der Waals surface area (Å²) in [4.78, 5) is 14.3. The van der Waals surface area contributed by atoms with Crippen molar-refractivity contribution in [1.82, 2.24) is 25.1 Å². The Morgan fingerprint density at radius 3 is 3.15 bits per heavy atom. The number of rotatable bonds is 3. The molecule has 106 valence electrons. The number of aromatic nitrogens is 4. The minimum absolute atomic E-state index is 0.0118. The summed E-state index contributed by atoms with van der Waals surface area (Å²) in [5, 5.41) is 10.8. The molecular weight excluding hydrogens is 258 g/mol. The first-order chi connectivity index (χ1) is 9.74. The molecule has 7 heteroatoms. The van der Waals surface area contributed by atoms with E-state index in [9.17, 15) is 4.79 Å². The van der Waals surface area contributed by atoms with Gasteiger partial charge in [0.05, 0.1) is 12.3 Å². The molecule has 0 aromatic carbocycles. The van der Waals surface area contributed by atoms with Crippen molar-refractivity contribution in [3.8, 4) is 0 Å². The van der Waals surface area contributed by atoms with Crippen molar-refractivity contribution in [2.24, 2.45) is 5.92 Å². The van der Waals surface area contributed by atoms with Crippen LogP contribution in [0.25, 0.3) is 0 Å². The molecule has 2 atom stereocenters. The first-order valence-corrected chi connectivity index (χ1v) is 6.77. The summed E-state index contributed by atoms with van der Waals surface area (Å²) in [7, 11) is 0. The Labute approximate surface area is 116 Å². The number of likely N-dealkylation sites (tertiary alicyclic amines) is 1. The molecule has 1 aliphatic rings. The topological polar surface area (TPSA) is 77.1 Å². The number of nitrogens with zero attached hydrogens (tertiary/aromatic N) is 5. The van der Waals surface area contributed by atoms with Crippen molar-refractivity contribution in [2.45, 2.75) is 32.4 Å². The lowest BCUT2D eigenvalue weighted by Gasteiger charge is -2.37. The summed E-state index contributed by atoms with van der Waals surface area (Å²) in [5.74, 6) is 1.45. The molecule has 1 aliphatic heterocycles. The van der Waals surface area contributed by atoms with E-state index < -0.39 is 0 Å². The Hall–Kier alpha value is -2.18. The van der Waals surface area contributed by atoms with Crippen LogP contribution in [0.5, 0.6) is 0 Å². The molecule has 0 spiro atoms. The molecule has 20 heavy (non-hydrogen) atoms. The molecule has 1 fully saturated rings. The van der Waals surface area contributed by atoms with Gasteiger partial charge in [-0.15, -0.1) is 5.10 Å². The van der Waals surface area contributed by atoms with Crippen LogP contribution in [-0.2, 0) is 11.3 Å². The number of amides is 1. The third-order valence-corrected chi connectivity index (χ3v) is 3.75. The Balaban J connectivity index is 1.77. The maximum absolute atomic E-state index is 12.4. The quantitative estimate of drug-likeness (QED) is 0.843. The highest BCUT2D eigenvalue weighted by Gasteiger charge is 2.32. The van der Waals surface area contributed by atoms with Gasteiger partial charge in [0, 0.05) is 6.54 Å². The molecule has 2 aromatic rings. The van der Waals surface area contributed by atoms with Crippen LogP contribution in [0.15, 0.2) is 29.1 Å². The summed E-state index contributed by atoms with van der Waals surface area (Å²) in [6, 6.07) is 3.80. The number of carbonyl (C=O) groups is 1. The molecule has 3 heterocycles. The lowest BCUT2D eigenvalue weighted by molar-refractivity contribution is -0.137. The van der Waals surface area contributed by atoms with E-state index in [-0.39, 0.29) is 18.5 Å². The SMILES string of the molecule is C[C@H]1CCN(C(=O)Cn2cnnn2)[C@@H](c2ccco2)C1. The van der Waals surface area contributed by atoms with E-state index in [2.05, 4.69) is 22.4 Å². The number of tetrazole rings is 1. The Kier molecular flexibility index (Phi) is 3.49. The van der Waals surface area contributed by atoms with Crippen LogP contribution in [0, 0.1) is 5.92 Å². The highest BCUT2D eigenvalue weighted by Crippen LogP contribution is 2.34. The highest BCUT2D eigenvalue weighted by molar-refractivity contribution is 5.76. The van der Waals surface area contributed by atoms with E-state index in [1.165, 1.54) is 11.0 Å². The molecule has 0 bridgehead atoms. The minimum atomic E-state index is 0.0118. The van der Waals surface area contributed by atoms with E-state index in [1.807, 2.05) is 17.0 Å². The van der Waals surface area contributed by atoms with Gasteiger partial charge in [-0.3, -0.25) is 4.79 Å². The van der Waals surface area contributed by atoms with Gasteiger partial charge in [-0.2, -0.15) is 0 Å². The third-order valence-electron chi connectivity index (χ3n) is 3.75. The number of hydrogen-bond acceptors (Lipinski definition) is 5. The van der Waals surface area contributed by atoms with Crippen molar-refractivity contribution in [3.63, 3.8) is 0 Å². The van der Waals surface area contributed by atoms with Crippen LogP contribution in [0.3, 0.4) is 0 Å². The van der Waals surface area contributed by atoms with Crippen molar-refractivity contribution in [1.29, 1.82) is 0 Å². The smallest absolute Gasteiger partial charge is 0.245 e. The summed E-state index contributed by atoms with van der Waals surface area (Å²) in [5.41, 5.74) is 0. The molecule has 1 amide bonds. The van der Waals surface area contributed by atoms with Gasteiger partial charge < -0.3 is 9.32 Å². The summed E-state index contributed by atoms with van der Waals surface area (Å²) >= 11 is 0. The standard InChI is InChI=1S/C13H17N5O2/c1-10-4-5-18(11(7-10)12-3-2-6-20-12)13(19)8-17-9-14-15-16-17/h2-3,6,9-11H,4-5,7-8H2,1H3/t10-,11+/m0/s1. The highest BCUT2D eigenvalue weighted by atomic mass is 16.3. The summed E-state index contributed by atoms with van der Waals surface area (Å²) in [6.45, 7) is 3.12. The van der Waals surface area contributed by atoms with Crippen LogP contribution in [0.2, 0.25) is 0 Å². The zero-order chi connectivity index (χ0) is 13.9. The largest absolute Gasteiger partial charge is 0.467 e. The fourth-order valence-corrected chi connectivity index (χ4v) is 2.67. The van der Waals surface area contributed by atoms with E-state index in [0.717, 1.165) is 25.1 Å². The summed E-state index contributed by atoms with van der Waals surface area (Å²) < 4.78 is 6.94. The first-order valence-electron chi connectivity index (χ1n) is 6.77. The molecule has 0 aliphatic carbocycles. The molecule has 1 saturated heterocycles. The van der Waals surface area contributed by atoms with Gasteiger partial charge >= 0.3 is 0 Å². The lowest BCUT2D eigenvalue weighted by Crippen LogP contribution is -2.42. The molecule has 0 saturated carbocycles. The Bertz CT molecular complexity index is 551. The van der Waals surface area contributed by atoms with Gasteiger partial charge in [-0.1, -0.05) is 6.92 Å². The molecule has 0 unspecified atom stereocenters. The molecule has 2 aromatic heterocycles. The van der Waals surface area contributed by atoms with Crippen LogP contribution in [0.4, 0.5) is 0 Å². The summed E-state index contributed by atoms with van der Waals surface area (Å²) in [6.07, 6.45) is 5.04. The van der Waals surface area contributed by atoms with Crippen molar-refractivity contribution in [2.75, 3.05) is 6.54 Å². The van der Waals surface area contributed by atoms with Gasteiger partial charge in [0.15, 0.2) is 0 Å². The monoisotopic (exact) mass is 275 g/mol. The van der Waals surface area contributed by atoms with Gasteiger partial charge in [0.1, 0.15) is 18.6 Å².